The van der Waals surface area contributed by atoms with Crippen molar-refractivity contribution in [3.8, 4) is 16.8 Å². The van der Waals surface area contributed by atoms with Crippen LogP contribution in [-0.4, -0.2) is 11.3 Å². The number of benzene rings is 9. The minimum Gasteiger partial charge on any atom is -0.455 e. The van der Waals surface area contributed by atoms with E-state index in [1.54, 1.807) is 0 Å². The molecule has 0 saturated carbocycles. The SMILES string of the molecule is Cc1cc(C(C)(C)C)cc(C)c1N1c2cc(C(C)(C)C)ccc2B2c3cc4c5ccccc5n(-c5c(C)cccc5C)c4cc3N(c3c(C)cc(-c4cccc5c4oc4ccccc45)cc3C)c3cc(C(C)(C)C)cc1c32. The summed E-state index contributed by atoms with van der Waals surface area (Å²) >= 11 is 0. The highest BCUT2D eigenvalue weighted by Gasteiger charge is 2.46. The van der Waals surface area contributed by atoms with Crippen LogP contribution < -0.4 is 26.2 Å². The molecule has 0 amide bonds. The van der Waals surface area contributed by atoms with Crippen molar-refractivity contribution in [2.24, 2.45) is 0 Å². The van der Waals surface area contributed by atoms with Crippen LogP contribution in [-0.2, 0) is 16.2 Å². The molecule has 2 aliphatic rings. The van der Waals surface area contributed by atoms with Gasteiger partial charge in [-0.25, -0.2) is 0 Å². The van der Waals surface area contributed by atoms with Crippen molar-refractivity contribution in [1.29, 1.82) is 0 Å². The molecule has 4 nitrogen and oxygen atoms in total. The lowest BCUT2D eigenvalue weighted by molar-refractivity contribution is 0.588. The van der Waals surface area contributed by atoms with Crippen molar-refractivity contribution in [3.05, 3.63) is 202 Å². The molecule has 0 radical (unpaired) electrons. The van der Waals surface area contributed by atoms with Crippen LogP contribution in [0.25, 0.3) is 60.6 Å². The maximum absolute atomic E-state index is 6.70. The second kappa shape index (κ2) is 16.9. The third-order valence-electron chi connectivity index (χ3n) is 17.3. The minimum atomic E-state index is -0.176. The van der Waals surface area contributed by atoms with Crippen molar-refractivity contribution in [2.75, 3.05) is 9.80 Å². The summed E-state index contributed by atoms with van der Waals surface area (Å²) in [7, 11) is 0. The second-order valence-corrected chi connectivity index (χ2v) is 25.8. The number of rotatable bonds is 4. The van der Waals surface area contributed by atoms with Crippen molar-refractivity contribution >= 4 is 101 Å². The van der Waals surface area contributed by atoms with Gasteiger partial charge in [0.2, 0.25) is 0 Å². The van der Waals surface area contributed by atoms with E-state index in [-0.39, 0.29) is 23.0 Å². The Balaban J connectivity index is 1.17. The van der Waals surface area contributed by atoms with Gasteiger partial charge in [0.1, 0.15) is 11.2 Å². The molecule has 0 aliphatic carbocycles. The molecule has 9 aromatic carbocycles. The molecule has 77 heavy (non-hydrogen) atoms. The lowest BCUT2D eigenvalue weighted by Crippen LogP contribution is -2.61. The van der Waals surface area contributed by atoms with E-state index in [9.17, 15) is 0 Å². The fourth-order valence-electron chi connectivity index (χ4n) is 13.4. The number of hydrogen-bond acceptors (Lipinski definition) is 3. The summed E-state index contributed by atoms with van der Waals surface area (Å²) in [5, 5.41) is 4.81. The van der Waals surface area contributed by atoms with Gasteiger partial charge in [-0.2, -0.15) is 0 Å². The van der Waals surface area contributed by atoms with Crippen LogP contribution in [0.5, 0.6) is 0 Å². The highest BCUT2D eigenvalue weighted by molar-refractivity contribution is 7.00. The van der Waals surface area contributed by atoms with E-state index in [1.807, 2.05) is 0 Å². The zero-order valence-corrected chi connectivity index (χ0v) is 47.8. The quantitative estimate of drug-likeness (QED) is 0.164. The topological polar surface area (TPSA) is 24.6 Å². The van der Waals surface area contributed by atoms with E-state index < -0.39 is 0 Å². The summed E-state index contributed by atoms with van der Waals surface area (Å²) in [4.78, 5) is 5.36. The lowest BCUT2D eigenvalue weighted by Gasteiger charge is -2.46. The molecule has 382 valence electrons. The molecule has 11 aromatic rings. The molecular formula is C72H70BN3O. The molecule has 13 rings (SSSR count). The molecule has 0 atom stereocenters. The third kappa shape index (κ3) is 7.39. The van der Waals surface area contributed by atoms with Crippen LogP contribution in [0.1, 0.15) is 112 Å². The van der Waals surface area contributed by atoms with Gasteiger partial charge in [-0.15, -0.1) is 0 Å². The van der Waals surface area contributed by atoms with Gasteiger partial charge >= 0.3 is 0 Å². The van der Waals surface area contributed by atoms with Gasteiger partial charge < -0.3 is 18.8 Å². The number of aromatic nitrogens is 1. The molecule has 0 spiro atoms. The standard InChI is InChI=1S/C72H70BN3O/c1-41-22-20-23-42(2)66(41)74-58-28-18-16-24-52(58)55-39-57-61(40-59(55)74)76(67-43(3)32-47(33-44(67)4)51-26-21-27-54-53-25-17-19-29-64(53)77-69(51)54)63-38-50(72(13,14)15)37-62-65(63)73(57)56-31-30-48(70(7,8)9)36-60(56)75(62)68-45(5)34-49(35-46(68)6)71(10,11)12/h16-40H,1-15H3. The Labute approximate surface area is 456 Å². The normalized spacial score (nSPS) is 13.6. The fourth-order valence-corrected chi connectivity index (χ4v) is 13.4. The van der Waals surface area contributed by atoms with Crippen molar-refractivity contribution in [2.45, 2.75) is 120 Å². The molecule has 5 heteroatoms. The zero-order chi connectivity index (χ0) is 53.9. The van der Waals surface area contributed by atoms with E-state index in [2.05, 4.69) is 270 Å². The molecule has 0 fully saturated rings. The van der Waals surface area contributed by atoms with Gasteiger partial charge in [0, 0.05) is 49.9 Å². The summed E-state index contributed by atoms with van der Waals surface area (Å²) in [5.41, 5.74) is 30.4. The Bertz CT molecular complexity index is 4250. The smallest absolute Gasteiger partial charge is 0.252 e. The summed E-state index contributed by atoms with van der Waals surface area (Å²) in [5.74, 6) is 0. The number of nitrogens with zero attached hydrogens (tertiary/aromatic N) is 3. The molecule has 0 N–H and O–H groups in total. The van der Waals surface area contributed by atoms with Crippen LogP contribution in [0, 0.1) is 41.5 Å². The summed E-state index contributed by atoms with van der Waals surface area (Å²) in [6.07, 6.45) is 0. The molecule has 0 unspecified atom stereocenters. The molecule has 0 bridgehead atoms. The number of para-hydroxylation sites is 4. The molecule has 4 heterocycles. The molecule has 2 aromatic heterocycles. The average molecular weight is 1000 g/mol. The van der Waals surface area contributed by atoms with Crippen LogP contribution in [0.15, 0.2) is 156 Å². The first-order valence-corrected chi connectivity index (χ1v) is 27.8. The maximum atomic E-state index is 6.70. The van der Waals surface area contributed by atoms with Gasteiger partial charge in [0.05, 0.1) is 28.1 Å². The van der Waals surface area contributed by atoms with Gasteiger partial charge in [-0.1, -0.05) is 165 Å². The first-order chi connectivity index (χ1) is 36.6. The largest absolute Gasteiger partial charge is 0.455 e. The Hall–Kier alpha value is -7.76. The maximum Gasteiger partial charge on any atom is 0.252 e. The van der Waals surface area contributed by atoms with E-state index in [0.29, 0.717) is 0 Å². The lowest BCUT2D eigenvalue weighted by atomic mass is 9.33. The summed E-state index contributed by atoms with van der Waals surface area (Å²) in [6, 6.07) is 58.2. The van der Waals surface area contributed by atoms with Gasteiger partial charge in [-0.05, 0) is 178 Å². The number of furan rings is 1. The van der Waals surface area contributed by atoms with Crippen LogP contribution >= 0.6 is 0 Å². The first-order valence-electron chi connectivity index (χ1n) is 27.8. The number of aryl methyl sites for hydroxylation is 6. The predicted octanol–water partition coefficient (Wildman–Crippen LogP) is 18.2. The Morgan fingerprint density at radius 2 is 0.896 bits per heavy atom. The third-order valence-corrected chi connectivity index (χ3v) is 17.3. The first kappa shape index (κ1) is 48.9. The number of anilines is 6. The monoisotopic (exact) mass is 1000 g/mol. The Morgan fingerprint density at radius 3 is 1.52 bits per heavy atom. The van der Waals surface area contributed by atoms with Crippen molar-refractivity contribution < 1.29 is 4.42 Å². The minimum absolute atomic E-state index is 0.00406. The van der Waals surface area contributed by atoms with E-state index >= 15 is 0 Å². The predicted molar refractivity (Wildman–Crippen MR) is 332 cm³/mol. The van der Waals surface area contributed by atoms with Crippen LogP contribution in [0.3, 0.4) is 0 Å². The van der Waals surface area contributed by atoms with Gasteiger partial charge in [0.25, 0.3) is 6.71 Å². The number of hydrogen-bond donors (Lipinski definition) is 0. The van der Waals surface area contributed by atoms with Crippen LogP contribution in [0.2, 0.25) is 0 Å². The van der Waals surface area contributed by atoms with E-state index in [4.69, 9.17) is 4.42 Å². The van der Waals surface area contributed by atoms with Crippen molar-refractivity contribution in [1.82, 2.24) is 4.57 Å². The molecular weight excluding hydrogens is 934 g/mol. The molecule has 2 aliphatic heterocycles. The van der Waals surface area contributed by atoms with E-state index in [0.717, 1.165) is 33.1 Å². The average Bonchev–Trinajstić information content (AvgIpc) is 4.12. The highest BCUT2D eigenvalue weighted by Crippen LogP contribution is 2.51. The van der Waals surface area contributed by atoms with Gasteiger partial charge in [0.15, 0.2) is 0 Å². The summed E-state index contributed by atoms with van der Waals surface area (Å²) < 4.78 is 9.25. The van der Waals surface area contributed by atoms with E-state index in [1.165, 1.54) is 128 Å². The zero-order valence-electron chi connectivity index (χ0n) is 47.8. The number of fused-ring (bicyclic) bond motifs is 10. The fraction of sp³-hybridized carbons (Fsp3) is 0.250. The molecule has 0 saturated heterocycles. The van der Waals surface area contributed by atoms with Gasteiger partial charge in [-0.3, -0.25) is 0 Å². The highest BCUT2D eigenvalue weighted by atomic mass is 16.3. The van der Waals surface area contributed by atoms with Crippen LogP contribution in [0.4, 0.5) is 34.1 Å². The summed E-state index contributed by atoms with van der Waals surface area (Å²) in [6.45, 7) is 35.0. The van der Waals surface area contributed by atoms with Crippen molar-refractivity contribution in [3.63, 3.8) is 0 Å². The Kier molecular flexibility index (Phi) is 10.7. The second-order valence-electron chi connectivity index (χ2n) is 25.8. The Morgan fingerprint density at radius 1 is 0.377 bits per heavy atom.